The number of ether oxygens (including phenoxy) is 1. The molecule has 3 unspecified atom stereocenters. The van der Waals surface area contributed by atoms with Crippen LogP contribution in [-0.4, -0.2) is 46.9 Å². The molecule has 0 saturated heterocycles. The van der Waals surface area contributed by atoms with Gasteiger partial charge in [-0.2, -0.15) is 0 Å². The molecule has 0 aromatic rings. The Balaban J connectivity index is 4.47. The van der Waals surface area contributed by atoms with Gasteiger partial charge in [-0.1, -0.05) is 250 Å². The summed E-state index contributed by atoms with van der Waals surface area (Å²) in [5.41, 5.74) is 0. The summed E-state index contributed by atoms with van der Waals surface area (Å²) in [6.45, 7) is 6.40. The first-order chi connectivity index (χ1) is 32.0. The molecule has 0 spiro atoms. The first-order valence-electron chi connectivity index (χ1n) is 28.7. The van der Waals surface area contributed by atoms with E-state index >= 15 is 0 Å². The minimum absolute atomic E-state index is 0.0690. The highest BCUT2D eigenvalue weighted by Crippen LogP contribution is 2.18. The molecule has 0 aliphatic heterocycles. The predicted octanol–water partition coefficient (Wildman–Crippen LogP) is 17.6. The number of carbonyl (C=O) groups is 2. The number of carbonyl (C=O) groups excluding carboxylic acids is 2. The van der Waals surface area contributed by atoms with E-state index in [2.05, 4.69) is 62.5 Å². The van der Waals surface area contributed by atoms with Crippen molar-refractivity contribution in [3.63, 3.8) is 0 Å². The Bertz CT molecular complexity index is 1070. The van der Waals surface area contributed by atoms with Gasteiger partial charge < -0.3 is 20.3 Å². The molecule has 0 fully saturated rings. The van der Waals surface area contributed by atoms with Crippen LogP contribution in [0.1, 0.15) is 303 Å². The Morgan fingerprint density at radius 1 is 0.462 bits per heavy atom. The Labute approximate surface area is 404 Å². The molecule has 3 N–H and O–H groups in total. The van der Waals surface area contributed by atoms with E-state index in [1.807, 2.05) is 0 Å². The molecule has 0 heterocycles. The van der Waals surface area contributed by atoms with Gasteiger partial charge >= 0.3 is 5.97 Å². The Kier molecular flexibility index (Phi) is 51.5. The molecule has 65 heavy (non-hydrogen) atoms. The molecule has 0 bridgehead atoms. The van der Waals surface area contributed by atoms with Gasteiger partial charge in [-0.25, -0.2) is 0 Å². The van der Waals surface area contributed by atoms with Crippen molar-refractivity contribution in [2.45, 2.75) is 322 Å². The number of allylic oxidation sites excluding steroid dienone is 6. The zero-order valence-electron chi connectivity index (χ0n) is 43.6. The van der Waals surface area contributed by atoms with Crippen LogP contribution in [0, 0.1) is 0 Å². The van der Waals surface area contributed by atoms with E-state index in [0.717, 1.165) is 70.6 Å². The minimum Gasteiger partial charge on any atom is -0.462 e. The second kappa shape index (κ2) is 53.0. The zero-order chi connectivity index (χ0) is 47.4. The summed E-state index contributed by atoms with van der Waals surface area (Å²) in [5, 5.41) is 23.9. The lowest BCUT2D eigenvalue weighted by molar-refractivity contribution is -0.151. The van der Waals surface area contributed by atoms with Crippen LogP contribution in [0.2, 0.25) is 0 Å². The number of nitrogens with one attached hydrogen (secondary N) is 1. The number of hydrogen-bond donors (Lipinski definition) is 3. The normalized spacial score (nSPS) is 13.4. The molecule has 6 nitrogen and oxygen atoms in total. The van der Waals surface area contributed by atoms with Crippen molar-refractivity contribution >= 4 is 11.9 Å². The molecule has 0 aromatic heterocycles. The van der Waals surface area contributed by atoms with Gasteiger partial charge in [0.25, 0.3) is 0 Å². The fourth-order valence-corrected chi connectivity index (χ4v) is 8.88. The lowest BCUT2D eigenvalue weighted by atomic mass is 10.0. The Hall–Kier alpha value is -1.92. The highest BCUT2D eigenvalue weighted by Gasteiger charge is 2.24. The monoisotopic (exact) mass is 914 g/mol. The maximum absolute atomic E-state index is 13.2. The van der Waals surface area contributed by atoms with Gasteiger partial charge in [-0.05, 0) is 77.0 Å². The van der Waals surface area contributed by atoms with Crippen LogP contribution in [0.15, 0.2) is 36.5 Å². The molecule has 382 valence electrons. The van der Waals surface area contributed by atoms with E-state index in [0.29, 0.717) is 19.3 Å². The molecule has 3 atom stereocenters. The molecule has 0 aliphatic carbocycles. The first kappa shape index (κ1) is 63.1. The molecule has 6 heteroatoms. The van der Waals surface area contributed by atoms with Crippen molar-refractivity contribution in [3.8, 4) is 0 Å². The zero-order valence-corrected chi connectivity index (χ0v) is 43.6. The lowest BCUT2D eigenvalue weighted by Gasteiger charge is -2.24. The van der Waals surface area contributed by atoms with Crippen LogP contribution in [0.25, 0.3) is 0 Å². The average Bonchev–Trinajstić information content (AvgIpc) is 3.30. The third-order valence-corrected chi connectivity index (χ3v) is 13.2. The molecular weight excluding hydrogens is 803 g/mol. The molecule has 0 saturated carbocycles. The molecule has 0 aliphatic rings. The highest BCUT2D eigenvalue weighted by molar-refractivity contribution is 5.77. The number of unbranched alkanes of at least 4 members (excludes halogenated alkanes) is 34. The fourth-order valence-electron chi connectivity index (χ4n) is 8.88. The number of amides is 1. The number of rotatable bonds is 52. The van der Waals surface area contributed by atoms with Crippen LogP contribution in [0.3, 0.4) is 0 Å². The number of aliphatic hydroxyl groups is 2. The molecule has 0 radical (unpaired) electrons. The van der Waals surface area contributed by atoms with E-state index < -0.39 is 18.2 Å². The van der Waals surface area contributed by atoms with Gasteiger partial charge in [0, 0.05) is 6.42 Å². The van der Waals surface area contributed by atoms with Crippen molar-refractivity contribution in [2.24, 2.45) is 0 Å². The summed E-state index contributed by atoms with van der Waals surface area (Å²) < 4.78 is 5.95. The van der Waals surface area contributed by atoms with Crippen molar-refractivity contribution in [2.75, 3.05) is 6.61 Å². The van der Waals surface area contributed by atoms with Gasteiger partial charge in [0.05, 0.1) is 25.2 Å². The lowest BCUT2D eigenvalue weighted by Crippen LogP contribution is -2.46. The summed E-state index contributed by atoms with van der Waals surface area (Å²) in [6, 6.07) is -0.706. The molecule has 0 aromatic carbocycles. The fraction of sp³-hybridized carbons (Fsp3) is 0.864. The summed E-state index contributed by atoms with van der Waals surface area (Å²) in [7, 11) is 0. The maximum atomic E-state index is 13.2. The molecule has 1 amide bonds. The maximum Gasteiger partial charge on any atom is 0.306 e. The summed E-state index contributed by atoms with van der Waals surface area (Å²) in [4.78, 5) is 26.2. The Morgan fingerprint density at radius 3 is 1.26 bits per heavy atom. The second-order valence-electron chi connectivity index (χ2n) is 19.7. The van der Waals surface area contributed by atoms with Crippen LogP contribution >= 0.6 is 0 Å². The molecule has 0 rings (SSSR count). The van der Waals surface area contributed by atoms with Crippen LogP contribution in [0.4, 0.5) is 0 Å². The van der Waals surface area contributed by atoms with Crippen LogP contribution < -0.4 is 5.32 Å². The molecular formula is C59H111NO5. The van der Waals surface area contributed by atoms with Gasteiger partial charge in [0.1, 0.15) is 6.10 Å². The van der Waals surface area contributed by atoms with E-state index in [-0.39, 0.29) is 24.9 Å². The second-order valence-corrected chi connectivity index (χ2v) is 19.7. The van der Waals surface area contributed by atoms with Gasteiger partial charge in [-0.3, -0.25) is 9.59 Å². The Morgan fingerprint density at radius 2 is 0.831 bits per heavy atom. The number of esters is 1. The largest absolute Gasteiger partial charge is 0.462 e. The third kappa shape index (κ3) is 48.3. The van der Waals surface area contributed by atoms with Crippen molar-refractivity contribution in [1.29, 1.82) is 0 Å². The average molecular weight is 915 g/mol. The van der Waals surface area contributed by atoms with Gasteiger partial charge in [-0.15, -0.1) is 0 Å². The van der Waals surface area contributed by atoms with E-state index in [1.165, 1.54) is 186 Å². The van der Waals surface area contributed by atoms with Gasteiger partial charge in [0.15, 0.2) is 0 Å². The highest BCUT2D eigenvalue weighted by atomic mass is 16.5. The van der Waals surface area contributed by atoms with Crippen molar-refractivity contribution < 1.29 is 24.5 Å². The summed E-state index contributed by atoms with van der Waals surface area (Å²) >= 11 is 0. The van der Waals surface area contributed by atoms with E-state index in [1.54, 1.807) is 0 Å². The van der Waals surface area contributed by atoms with Gasteiger partial charge in [0.2, 0.25) is 5.91 Å². The summed E-state index contributed by atoms with van der Waals surface area (Å²) in [5.74, 6) is -0.481. The first-order valence-corrected chi connectivity index (χ1v) is 28.7. The standard InChI is InChI=1S/C59H111NO5/c1-4-7-10-13-16-19-22-25-27-29-31-33-36-39-42-45-48-51-57(62)56(54-61)60-58(63)53-55(50-47-44-41-38-35-24-21-18-15-12-9-6-3)65-59(64)52-49-46-43-40-37-34-32-30-28-26-23-20-17-14-11-8-5-2/h9,12,18,21,26,28,55-57,61-62H,4-8,10-11,13-17,19-20,22-25,27,29-54H2,1-3H3,(H,60,63)/b12-9+,21-18+,28-26+. The third-order valence-electron chi connectivity index (χ3n) is 13.2. The van der Waals surface area contributed by atoms with Crippen molar-refractivity contribution in [1.82, 2.24) is 5.32 Å². The van der Waals surface area contributed by atoms with E-state index in [4.69, 9.17) is 4.74 Å². The quantitative estimate of drug-likeness (QED) is 0.0321. The SMILES string of the molecule is CC/C=C/C/C=C/CCCCCCCC(CC(=O)NC(CO)C(O)CCCCCCCCCCCCCCCCCCC)OC(=O)CCCCCCCCC/C=C/CCCCCCCC. The van der Waals surface area contributed by atoms with E-state index in [9.17, 15) is 19.8 Å². The summed E-state index contributed by atoms with van der Waals surface area (Å²) in [6.07, 6.45) is 63.6. The van der Waals surface area contributed by atoms with Crippen molar-refractivity contribution in [3.05, 3.63) is 36.5 Å². The van der Waals surface area contributed by atoms with Crippen LogP contribution in [0.5, 0.6) is 0 Å². The number of hydrogen-bond acceptors (Lipinski definition) is 5. The predicted molar refractivity (Wildman–Crippen MR) is 282 cm³/mol. The number of aliphatic hydroxyl groups excluding tert-OH is 2. The van der Waals surface area contributed by atoms with Crippen LogP contribution in [-0.2, 0) is 14.3 Å². The topological polar surface area (TPSA) is 95.9 Å². The minimum atomic E-state index is -0.791. The smallest absolute Gasteiger partial charge is 0.306 e.